The molecular weight excluding hydrogens is 328 g/mol. The number of ether oxygens (including phenoxy) is 1. The van der Waals surface area contributed by atoms with Gasteiger partial charge in [-0.3, -0.25) is 4.79 Å². The summed E-state index contributed by atoms with van der Waals surface area (Å²) in [7, 11) is 0. The van der Waals surface area contributed by atoms with E-state index in [4.69, 9.17) is 10.5 Å². The van der Waals surface area contributed by atoms with Gasteiger partial charge in [0.2, 0.25) is 0 Å². The highest BCUT2D eigenvalue weighted by Crippen LogP contribution is 2.22. The summed E-state index contributed by atoms with van der Waals surface area (Å²) < 4.78 is 7.54. The maximum atomic E-state index is 12.9. The van der Waals surface area contributed by atoms with E-state index < -0.39 is 5.54 Å². The van der Waals surface area contributed by atoms with Crippen LogP contribution in [0, 0.1) is 5.92 Å². The molecule has 0 unspecified atom stereocenters. The number of hydrogen-bond acceptors (Lipinski definition) is 4. The second-order valence-corrected chi connectivity index (χ2v) is 6.97. The van der Waals surface area contributed by atoms with Gasteiger partial charge in [0, 0.05) is 6.54 Å². The Balaban J connectivity index is 2.35. The summed E-state index contributed by atoms with van der Waals surface area (Å²) in [4.78, 5) is 12.9. The largest absolute Gasteiger partial charge is 0.489 e. The first-order valence-corrected chi connectivity index (χ1v) is 9.25. The number of rotatable bonds is 9. The molecule has 1 aromatic heterocycles. The molecule has 6 heteroatoms. The number of nitrogens with one attached hydrogen (secondary N) is 1. The van der Waals surface area contributed by atoms with E-state index in [1.165, 1.54) is 0 Å². The van der Waals surface area contributed by atoms with Gasteiger partial charge in [0.25, 0.3) is 5.91 Å². The Morgan fingerprint density at radius 3 is 2.46 bits per heavy atom. The molecule has 142 valence electrons. The molecule has 0 saturated carbocycles. The van der Waals surface area contributed by atoms with Crippen molar-refractivity contribution in [2.45, 2.75) is 46.1 Å². The second-order valence-electron chi connectivity index (χ2n) is 6.97. The van der Waals surface area contributed by atoms with E-state index in [2.05, 4.69) is 24.3 Å². The molecule has 0 aliphatic carbocycles. The second kappa shape index (κ2) is 8.85. The number of benzene rings is 1. The number of nitrogens with zero attached hydrogens (tertiary/aromatic N) is 2. The van der Waals surface area contributed by atoms with Gasteiger partial charge in [-0.2, -0.15) is 5.10 Å². The predicted octanol–water partition coefficient (Wildman–Crippen LogP) is 3.15. The standard InChI is InChI=1S/C20H30N4O2/c1-5-20(6-2,14-21)22-19(25)18-17(26-13-15(3)4)12-24(23-18)16-10-8-7-9-11-16/h7-12,15H,5-6,13-14,21H2,1-4H3,(H,22,25). The molecule has 2 rings (SSSR count). The molecule has 0 aliphatic rings. The van der Waals surface area contributed by atoms with Crippen molar-refractivity contribution < 1.29 is 9.53 Å². The lowest BCUT2D eigenvalue weighted by atomic mass is 9.93. The highest BCUT2D eigenvalue weighted by atomic mass is 16.5. The Kier molecular flexibility index (Phi) is 6.80. The Labute approximate surface area is 155 Å². The van der Waals surface area contributed by atoms with Crippen LogP contribution in [0.2, 0.25) is 0 Å². The first-order chi connectivity index (χ1) is 12.4. The summed E-state index contributed by atoms with van der Waals surface area (Å²) in [5.41, 5.74) is 6.65. The summed E-state index contributed by atoms with van der Waals surface area (Å²) in [5.74, 6) is 0.575. The first kappa shape index (κ1) is 20.0. The van der Waals surface area contributed by atoms with Crippen LogP contribution in [0.25, 0.3) is 5.69 Å². The lowest BCUT2D eigenvalue weighted by molar-refractivity contribution is 0.0885. The van der Waals surface area contributed by atoms with E-state index in [1.807, 2.05) is 44.2 Å². The summed E-state index contributed by atoms with van der Waals surface area (Å²) in [6, 6.07) is 9.67. The zero-order valence-corrected chi connectivity index (χ0v) is 16.2. The van der Waals surface area contributed by atoms with Gasteiger partial charge in [-0.05, 0) is 30.9 Å². The number of para-hydroxylation sites is 1. The fourth-order valence-corrected chi connectivity index (χ4v) is 2.66. The van der Waals surface area contributed by atoms with Crippen molar-refractivity contribution in [2.24, 2.45) is 11.7 Å². The van der Waals surface area contributed by atoms with E-state index in [0.29, 0.717) is 24.8 Å². The van der Waals surface area contributed by atoms with Crippen molar-refractivity contribution in [3.05, 3.63) is 42.2 Å². The van der Waals surface area contributed by atoms with Crippen LogP contribution in [0.1, 0.15) is 51.0 Å². The molecule has 26 heavy (non-hydrogen) atoms. The van der Waals surface area contributed by atoms with Crippen molar-refractivity contribution in [1.29, 1.82) is 0 Å². The van der Waals surface area contributed by atoms with Gasteiger partial charge in [-0.15, -0.1) is 0 Å². The van der Waals surface area contributed by atoms with E-state index >= 15 is 0 Å². The third-order valence-electron chi connectivity index (χ3n) is 4.61. The van der Waals surface area contributed by atoms with Crippen LogP contribution in [0.4, 0.5) is 0 Å². The molecule has 6 nitrogen and oxygen atoms in total. The minimum Gasteiger partial charge on any atom is -0.489 e. The fourth-order valence-electron chi connectivity index (χ4n) is 2.66. The molecule has 1 aromatic carbocycles. The average molecular weight is 358 g/mol. The number of carbonyl (C=O) groups is 1. The van der Waals surface area contributed by atoms with Gasteiger partial charge < -0.3 is 15.8 Å². The van der Waals surface area contributed by atoms with Crippen molar-refractivity contribution in [3.8, 4) is 11.4 Å². The Hall–Kier alpha value is -2.34. The van der Waals surface area contributed by atoms with Gasteiger partial charge in [0.05, 0.1) is 24.0 Å². The lowest BCUT2D eigenvalue weighted by Gasteiger charge is -2.31. The molecule has 0 spiro atoms. The highest BCUT2D eigenvalue weighted by molar-refractivity contribution is 5.95. The number of aromatic nitrogens is 2. The monoisotopic (exact) mass is 358 g/mol. The number of hydrogen-bond donors (Lipinski definition) is 2. The van der Waals surface area contributed by atoms with Gasteiger partial charge in [-0.25, -0.2) is 4.68 Å². The van der Waals surface area contributed by atoms with Crippen LogP contribution in [0.15, 0.2) is 36.5 Å². The molecular formula is C20H30N4O2. The van der Waals surface area contributed by atoms with Crippen molar-refractivity contribution in [2.75, 3.05) is 13.2 Å². The SMILES string of the molecule is CCC(CC)(CN)NC(=O)c1nn(-c2ccccc2)cc1OCC(C)C. The Bertz CT molecular complexity index is 698. The van der Waals surface area contributed by atoms with E-state index in [9.17, 15) is 4.79 Å². The van der Waals surface area contributed by atoms with Crippen molar-refractivity contribution in [3.63, 3.8) is 0 Å². The molecule has 0 atom stereocenters. The van der Waals surface area contributed by atoms with E-state index in [1.54, 1.807) is 10.9 Å². The third kappa shape index (κ3) is 4.64. The third-order valence-corrected chi connectivity index (χ3v) is 4.61. The van der Waals surface area contributed by atoms with Gasteiger partial charge >= 0.3 is 0 Å². The molecule has 0 aliphatic heterocycles. The Morgan fingerprint density at radius 2 is 1.92 bits per heavy atom. The van der Waals surface area contributed by atoms with Crippen LogP contribution in [0.5, 0.6) is 5.75 Å². The maximum Gasteiger partial charge on any atom is 0.276 e. The summed E-state index contributed by atoms with van der Waals surface area (Å²) in [5, 5.41) is 7.55. The van der Waals surface area contributed by atoms with Crippen LogP contribution in [0.3, 0.4) is 0 Å². The fraction of sp³-hybridized carbons (Fsp3) is 0.500. The van der Waals surface area contributed by atoms with Crippen LogP contribution in [-0.2, 0) is 0 Å². The molecule has 2 aromatic rings. The van der Waals surface area contributed by atoms with E-state index in [0.717, 1.165) is 18.5 Å². The van der Waals surface area contributed by atoms with Crippen LogP contribution < -0.4 is 15.8 Å². The van der Waals surface area contributed by atoms with Gasteiger partial charge in [-0.1, -0.05) is 45.9 Å². The summed E-state index contributed by atoms with van der Waals surface area (Å²) >= 11 is 0. The summed E-state index contributed by atoms with van der Waals surface area (Å²) in [6.45, 7) is 9.08. The first-order valence-electron chi connectivity index (χ1n) is 9.25. The topological polar surface area (TPSA) is 82.2 Å². The zero-order chi connectivity index (χ0) is 19.2. The smallest absolute Gasteiger partial charge is 0.276 e. The lowest BCUT2D eigenvalue weighted by Crippen LogP contribution is -2.53. The summed E-state index contributed by atoms with van der Waals surface area (Å²) in [6.07, 6.45) is 3.27. The zero-order valence-electron chi connectivity index (χ0n) is 16.2. The van der Waals surface area contributed by atoms with Crippen LogP contribution >= 0.6 is 0 Å². The molecule has 0 radical (unpaired) electrons. The molecule has 0 saturated heterocycles. The minimum absolute atomic E-state index is 0.257. The molecule has 0 fully saturated rings. The maximum absolute atomic E-state index is 12.9. The Morgan fingerprint density at radius 1 is 1.27 bits per heavy atom. The van der Waals surface area contributed by atoms with Crippen molar-refractivity contribution >= 4 is 5.91 Å². The normalized spacial score (nSPS) is 11.6. The van der Waals surface area contributed by atoms with Gasteiger partial charge in [0.15, 0.2) is 11.4 Å². The van der Waals surface area contributed by atoms with Crippen LogP contribution in [-0.4, -0.2) is 34.4 Å². The highest BCUT2D eigenvalue weighted by Gasteiger charge is 2.29. The predicted molar refractivity (Wildman–Crippen MR) is 104 cm³/mol. The van der Waals surface area contributed by atoms with E-state index in [-0.39, 0.29) is 11.6 Å². The number of nitrogens with two attached hydrogens (primary N) is 1. The molecule has 1 heterocycles. The molecule has 3 N–H and O–H groups in total. The quantitative estimate of drug-likeness (QED) is 0.721. The number of amides is 1. The average Bonchev–Trinajstić information content (AvgIpc) is 3.09. The minimum atomic E-state index is -0.428. The number of carbonyl (C=O) groups excluding carboxylic acids is 1. The molecule has 1 amide bonds. The molecule has 0 bridgehead atoms. The van der Waals surface area contributed by atoms with Crippen molar-refractivity contribution in [1.82, 2.24) is 15.1 Å². The van der Waals surface area contributed by atoms with Gasteiger partial charge in [0.1, 0.15) is 0 Å².